The van der Waals surface area contributed by atoms with Crippen molar-refractivity contribution in [3.63, 3.8) is 0 Å². The third-order valence-corrected chi connectivity index (χ3v) is 5.06. The summed E-state index contributed by atoms with van der Waals surface area (Å²) in [6, 6.07) is 5.47. The first-order valence-electron chi connectivity index (χ1n) is 7.55. The Labute approximate surface area is 154 Å². The van der Waals surface area contributed by atoms with Crippen LogP contribution in [0.25, 0.3) is 11.2 Å². The van der Waals surface area contributed by atoms with E-state index in [0.29, 0.717) is 35.0 Å². The molecule has 0 fully saturated rings. The maximum atomic E-state index is 6.32. The summed E-state index contributed by atoms with van der Waals surface area (Å²) in [6.45, 7) is 0.682. The van der Waals surface area contributed by atoms with Crippen molar-refractivity contribution < 1.29 is 4.74 Å². The number of nitrogens with zero attached hydrogens (tertiary/aromatic N) is 4. The zero-order chi connectivity index (χ0) is 17.8. The van der Waals surface area contributed by atoms with Crippen LogP contribution in [-0.4, -0.2) is 26.6 Å². The molecule has 8 heteroatoms. The molecule has 0 spiro atoms. The molecule has 0 radical (unpaired) electrons. The average Bonchev–Trinajstić information content (AvgIpc) is 2.96. The Morgan fingerprint density at radius 1 is 1.40 bits per heavy atom. The first-order chi connectivity index (χ1) is 12.1. The van der Waals surface area contributed by atoms with E-state index in [2.05, 4.69) is 20.9 Å². The van der Waals surface area contributed by atoms with Gasteiger partial charge in [0.15, 0.2) is 22.1 Å². The van der Waals surface area contributed by atoms with Gasteiger partial charge < -0.3 is 15.0 Å². The van der Waals surface area contributed by atoms with Gasteiger partial charge in [-0.2, -0.15) is 0 Å². The van der Waals surface area contributed by atoms with Gasteiger partial charge in [0.05, 0.1) is 12.1 Å². The molecule has 2 heterocycles. The highest BCUT2D eigenvalue weighted by Gasteiger charge is 2.17. The Morgan fingerprint density at radius 3 is 3.00 bits per heavy atom. The number of rotatable bonds is 6. The van der Waals surface area contributed by atoms with Gasteiger partial charge in [-0.3, -0.25) is 0 Å². The lowest BCUT2D eigenvalue weighted by Gasteiger charge is -2.09. The van der Waals surface area contributed by atoms with Gasteiger partial charge in [-0.1, -0.05) is 11.6 Å². The van der Waals surface area contributed by atoms with Gasteiger partial charge in [0.1, 0.15) is 12.1 Å². The van der Waals surface area contributed by atoms with E-state index < -0.39 is 0 Å². The molecule has 0 bridgehead atoms. The highest BCUT2D eigenvalue weighted by Crippen LogP contribution is 2.37. The summed E-state index contributed by atoms with van der Waals surface area (Å²) in [6.07, 6.45) is 8.28. The number of benzene rings is 1. The largest absolute Gasteiger partial charge is 0.497 e. The molecule has 2 aromatic heterocycles. The molecule has 25 heavy (non-hydrogen) atoms. The molecule has 0 atom stereocenters. The SMILES string of the molecule is C#CCCCn1c(Sc2cc(OC)ccc2Cl)nc2c(N)ncnc21. The van der Waals surface area contributed by atoms with Crippen LogP contribution in [-0.2, 0) is 6.54 Å². The van der Waals surface area contributed by atoms with E-state index in [4.69, 9.17) is 28.5 Å². The van der Waals surface area contributed by atoms with Crippen molar-refractivity contribution in [2.24, 2.45) is 0 Å². The lowest BCUT2D eigenvalue weighted by Crippen LogP contribution is -2.02. The summed E-state index contributed by atoms with van der Waals surface area (Å²) in [5, 5.41) is 1.35. The van der Waals surface area contributed by atoms with Crippen LogP contribution in [0, 0.1) is 12.3 Å². The number of nitrogens with two attached hydrogens (primary N) is 1. The van der Waals surface area contributed by atoms with Gasteiger partial charge in [0, 0.05) is 17.9 Å². The number of nitrogen functional groups attached to an aromatic ring is 1. The molecule has 2 N–H and O–H groups in total. The zero-order valence-corrected chi connectivity index (χ0v) is 15.1. The van der Waals surface area contributed by atoms with E-state index >= 15 is 0 Å². The Kier molecular flexibility index (Phi) is 5.31. The smallest absolute Gasteiger partial charge is 0.175 e. The number of halogens is 1. The van der Waals surface area contributed by atoms with Crippen LogP contribution in [0.15, 0.2) is 34.6 Å². The monoisotopic (exact) mass is 373 g/mol. The Morgan fingerprint density at radius 2 is 2.24 bits per heavy atom. The number of aryl methyl sites for hydroxylation is 1. The highest BCUT2D eigenvalue weighted by molar-refractivity contribution is 7.99. The van der Waals surface area contributed by atoms with Crippen LogP contribution in [0.5, 0.6) is 5.75 Å². The number of ether oxygens (including phenoxy) is 1. The van der Waals surface area contributed by atoms with Gasteiger partial charge >= 0.3 is 0 Å². The number of imidazole rings is 1. The third-order valence-electron chi connectivity index (χ3n) is 3.57. The summed E-state index contributed by atoms with van der Waals surface area (Å²) in [7, 11) is 1.61. The summed E-state index contributed by atoms with van der Waals surface area (Å²) in [4.78, 5) is 13.8. The van der Waals surface area contributed by atoms with E-state index in [1.165, 1.54) is 18.1 Å². The standard InChI is InChI=1S/C17H16ClN5OS/c1-3-4-5-8-23-16-14(15(19)20-10-21-16)22-17(23)25-13-9-11(24-2)6-7-12(13)18/h1,6-7,9-10H,4-5,8H2,2H3,(H2,19,20,21). The van der Waals surface area contributed by atoms with Crippen LogP contribution < -0.4 is 10.5 Å². The minimum absolute atomic E-state index is 0.347. The van der Waals surface area contributed by atoms with Gasteiger partial charge in [-0.05, 0) is 36.4 Å². The van der Waals surface area contributed by atoms with E-state index in [9.17, 15) is 0 Å². The predicted molar refractivity (Wildman–Crippen MR) is 99.9 cm³/mol. The molecule has 0 amide bonds. The second kappa shape index (κ2) is 7.64. The minimum atomic E-state index is 0.347. The van der Waals surface area contributed by atoms with Crippen molar-refractivity contribution in [3.05, 3.63) is 29.5 Å². The number of anilines is 1. The Bertz CT molecular complexity index is 950. The Hall–Kier alpha value is -2.43. The quantitative estimate of drug-likeness (QED) is 0.525. The maximum Gasteiger partial charge on any atom is 0.175 e. The van der Waals surface area contributed by atoms with Gasteiger partial charge in [-0.25, -0.2) is 15.0 Å². The molecule has 0 unspecified atom stereocenters. The van der Waals surface area contributed by atoms with E-state index in [-0.39, 0.29) is 0 Å². The molecule has 3 aromatic rings. The molecule has 0 saturated carbocycles. The van der Waals surface area contributed by atoms with Crippen molar-refractivity contribution in [2.75, 3.05) is 12.8 Å². The number of hydrogen-bond donors (Lipinski definition) is 1. The summed E-state index contributed by atoms with van der Waals surface area (Å²) >= 11 is 7.75. The maximum absolute atomic E-state index is 6.32. The number of terminal acetylenes is 1. The number of unbranched alkanes of at least 4 members (excludes halogenated alkanes) is 1. The van der Waals surface area contributed by atoms with Gasteiger partial charge in [0.25, 0.3) is 0 Å². The summed E-state index contributed by atoms with van der Waals surface area (Å²) < 4.78 is 7.26. The van der Waals surface area contributed by atoms with E-state index in [1.54, 1.807) is 13.2 Å². The number of hydrogen-bond acceptors (Lipinski definition) is 6. The second-order valence-electron chi connectivity index (χ2n) is 5.18. The minimum Gasteiger partial charge on any atom is -0.497 e. The molecule has 128 valence electrons. The van der Waals surface area contributed by atoms with Gasteiger partial charge in [-0.15, -0.1) is 12.3 Å². The first kappa shape index (κ1) is 17.4. The fourth-order valence-corrected chi connectivity index (χ4v) is 3.54. The molecule has 0 saturated heterocycles. The highest BCUT2D eigenvalue weighted by atomic mass is 35.5. The van der Waals surface area contributed by atoms with Crippen LogP contribution in [0.1, 0.15) is 12.8 Å². The lowest BCUT2D eigenvalue weighted by atomic mass is 10.3. The van der Waals surface area contributed by atoms with Crippen LogP contribution in [0.4, 0.5) is 5.82 Å². The molecule has 3 rings (SSSR count). The van der Waals surface area contributed by atoms with Crippen molar-refractivity contribution >= 4 is 40.3 Å². The average molecular weight is 374 g/mol. The predicted octanol–water partition coefficient (Wildman–Crippen LogP) is 3.64. The second-order valence-corrected chi connectivity index (χ2v) is 6.60. The van der Waals surface area contributed by atoms with Crippen LogP contribution in [0.2, 0.25) is 5.02 Å². The molecule has 0 aliphatic heterocycles. The molecule has 0 aliphatic carbocycles. The van der Waals surface area contributed by atoms with Crippen molar-refractivity contribution in [2.45, 2.75) is 29.4 Å². The number of aromatic nitrogens is 4. The molecule has 0 aliphatic rings. The number of methoxy groups -OCH3 is 1. The third kappa shape index (κ3) is 3.65. The lowest BCUT2D eigenvalue weighted by molar-refractivity contribution is 0.413. The van der Waals surface area contributed by atoms with Crippen molar-refractivity contribution in [1.82, 2.24) is 19.5 Å². The van der Waals surface area contributed by atoms with Crippen LogP contribution in [0.3, 0.4) is 0 Å². The molecular weight excluding hydrogens is 358 g/mol. The van der Waals surface area contributed by atoms with Crippen molar-refractivity contribution in [1.29, 1.82) is 0 Å². The van der Waals surface area contributed by atoms with Gasteiger partial charge in [0.2, 0.25) is 0 Å². The van der Waals surface area contributed by atoms with E-state index in [1.807, 2.05) is 16.7 Å². The molecule has 1 aromatic carbocycles. The topological polar surface area (TPSA) is 78.9 Å². The molecular formula is C17H16ClN5OS. The summed E-state index contributed by atoms with van der Waals surface area (Å²) in [5.41, 5.74) is 7.21. The zero-order valence-electron chi connectivity index (χ0n) is 13.6. The fraction of sp³-hybridized carbons (Fsp3) is 0.235. The Balaban J connectivity index is 2.04. The van der Waals surface area contributed by atoms with Crippen molar-refractivity contribution in [3.8, 4) is 18.1 Å². The van der Waals surface area contributed by atoms with E-state index in [0.717, 1.165) is 22.2 Å². The number of fused-ring (bicyclic) bond motifs is 1. The normalized spacial score (nSPS) is 10.8. The van der Waals surface area contributed by atoms with Crippen LogP contribution >= 0.6 is 23.4 Å². The molecule has 6 nitrogen and oxygen atoms in total. The first-order valence-corrected chi connectivity index (χ1v) is 8.75. The fourth-order valence-electron chi connectivity index (χ4n) is 2.34. The summed E-state index contributed by atoms with van der Waals surface area (Å²) in [5.74, 6) is 3.72.